The van der Waals surface area contributed by atoms with E-state index in [1.807, 2.05) is 0 Å². The van der Waals surface area contributed by atoms with Gasteiger partial charge >= 0.3 is 32.7 Å². The molecule has 14 N–H and O–H groups in total. The Labute approximate surface area is 342 Å². The van der Waals surface area contributed by atoms with Gasteiger partial charge in [-0.15, -0.1) is 0 Å². The second kappa shape index (κ2) is 20.2. The van der Waals surface area contributed by atoms with Crippen LogP contribution in [-0.2, 0) is 81.5 Å². The van der Waals surface area contributed by atoms with Crippen LogP contribution in [0.25, 0.3) is 0 Å². The van der Waals surface area contributed by atoms with E-state index >= 15 is 0 Å². The Morgan fingerprint density at radius 1 is 0.525 bits per heavy atom. The highest BCUT2D eigenvalue weighted by Gasteiger charge is 2.59. The Morgan fingerprint density at radius 3 is 1.38 bits per heavy atom. The first-order valence-electron chi connectivity index (χ1n) is 17.4. The number of aliphatic hydroxyl groups excluding tert-OH is 8. The van der Waals surface area contributed by atoms with E-state index < -0.39 is 180 Å². The van der Waals surface area contributed by atoms with Gasteiger partial charge < -0.3 is 94.9 Å². The molecule has 61 heavy (non-hydrogen) atoms. The lowest BCUT2D eigenvalue weighted by molar-refractivity contribution is -0.367. The molecule has 0 spiro atoms. The zero-order chi connectivity index (χ0) is 46.0. The second-order valence-corrected chi connectivity index (χ2v) is 15.8. The monoisotopic (exact) mass is 936 g/mol. The largest absolute Gasteiger partial charge is 0.479 e. The lowest BCUT2D eigenvalue weighted by Gasteiger charge is -2.50. The molecule has 31 nitrogen and oxygen atoms in total. The van der Waals surface area contributed by atoms with E-state index in [4.69, 9.17) is 33.2 Å². The third kappa shape index (κ3) is 12.2. The minimum Gasteiger partial charge on any atom is -0.479 e. The van der Waals surface area contributed by atoms with E-state index in [9.17, 15) is 96.2 Å². The van der Waals surface area contributed by atoms with Crippen molar-refractivity contribution < 1.29 is 138 Å². The van der Waals surface area contributed by atoms with Crippen LogP contribution in [0.2, 0.25) is 0 Å². The summed E-state index contributed by atoms with van der Waals surface area (Å²) in [4.78, 5) is 48.9. The maximum Gasteiger partial charge on any atom is 0.397 e. The predicted molar refractivity (Wildman–Crippen MR) is 179 cm³/mol. The molecule has 4 aliphatic rings. The van der Waals surface area contributed by atoms with Gasteiger partial charge in [-0.1, -0.05) is 0 Å². The van der Waals surface area contributed by atoms with Crippen molar-refractivity contribution in [1.29, 1.82) is 0 Å². The number of hydrogen-bond donors (Lipinski definition) is 14. The van der Waals surface area contributed by atoms with Crippen LogP contribution in [0.1, 0.15) is 13.8 Å². The van der Waals surface area contributed by atoms with E-state index in [0.29, 0.717) is 0 Å². The summed E-state index contributed by atoms with van der Waals surface area (Å²) in [5.74, 6) is -5.99. The Morgan fingerprint density at radius 2 is 0.934 bits per heavy atom. The summed E-state index contributed by atoms with van der Waals surface area (Å²) in [6.07, 6.45) is -41.8. The normalized spacial score (nSPS) is 42.3. The maximum atomic E-state index is 12.6. The Kier molecular flexibility index (Phi) is 16.8. The smallest absolute Gasteiger partial charge is 0.397 e. The van der Waals surface area contributed by atoms with Gasteiger partial charge in [0.05, 0.1) is 13.2 Å². The molecule has 33 heteroatoms. The van der Waals surface area contributed by atoms with Crippen LogP contribution in [0, 0.1) is 0 Å². The van der Waals surface area contributed by atoms with Gasteiger partial charge in [0.1, 0.15) is 85.3 Å². The first-order chi connectivity index (χ1) is 28.2. The Balaban J connectivity index is 1.73. The topological polar surface area (TPSA) is 486 Å². The van der Waals surface area contributed by atoms with Crippen molar-refractivity contribution in [2.45, 2.75) is 137 Å². The van der Waals surface area contributed by atoms with Crippen molar-refractivity contribution >= 4 is 44.6 Å². The van der Waals surface area contributed by atoms with E-state index in [-0.39, 0.29) is 0 Å². The molecule has 0 aromatic carbocycles. The molecule has 0 radical (unpaired) electrons. The van der Waals surface area contributed by atoms with Crippen molar-refractivity contribution in [2.75, 3.05) is 13.2 Å². The number of carbonyl (C=O) groups is 4. The fourth-order valence-corrected chi connectivity index (χ4v) is 7.80. The molecule has 352 valence electrons. The third-order valence-electron chi connectivity index (χ3n) is 9.35. The molecule has 0 saturated carbocycles. The van der Waals surface area contributed by atoms with E-state index in [0.717, 1.165) is 13.8 Å². The van der Waals surface area contributed by atoms with E-state index in [1.165, 1.54) is 0 Å². The summed E-state index contributed by atoms with van der Waals surface area (Å²) in [6, 6.07) is -4.04. The van der Waals surface area contributed by atoms with Gasteiger partial charge in [0, 0.05) is 13.8 Å². The number of rotatable bonds is 16. The van der Waals surface area contributed by atoms with Crippen molar-refractivity contribution in [3.05, 3.63) is 0 Å². The maximum absolute atomic E-state index is 12.6. The quantitative estimate of drug-likeness (QED) is 0.0639. The number of nitrogens with one attached hydrogen (secondary N) is 2. The van der Waals surface area contributed by atoms with E-state index in [1.54, 1.807) is 0 Å². The molecule has 4 rings (SSSR count). The predicted octanol–water partition coefficient (Wildman–Crippen LogP) is -9.62. The van der Waals surface area contributed by atoms with Gasteiger partial charge in [-0.2, -0.15) is 16.8 Å². The molecule has 20 atom stereocenters. The summed E-state index contributed by atoms with van der Waals surface area (Å²) in [6.45, 7) is -0.754. The molecular formula is C28H44N2O29S2. The second-order valence-electron chi connectivity index (χ2n) is 13.7. The summed E-state index contributed by atoms with van der Waals surface area (Å²) in [7, 11) is -11.1. The molecule has 2 amide bonds. The molecule has 0 bridgehead atoms. The average Bonchev–Trinajstić information content (AvgIpc) is 3.13. The van der Waals surface area contributed by atoms with E-state index in [2.05, 4.69) is 19.0 Å². The van der Waals surface area contributed by atoms with Crippen LogP contribution >= 0.6 is 0 Å². The molecule has 0 aromatic heterocycles. The number of carbonyl (C=O) groups excluding carboxylic acids is 2. The number of hydrogen-bond acceptors (Lipinski definition) is 25. The van der Waals surface area contributed by atoms with Crippen LogP contribution in [0.5, 0.6) is 0 Å². The standard InChI is InChI=1S/C28H44N2O29S2/c1-5(33)29-9-18(16(58-60(45,46)47)7(3-31)51-25(9)44)53-28-15(39)13(37)20(22(57-28)24(42)43)55-26-10(30-6(2)34)19(17(8(4-32)52-26)59-61(48,49)50)54-27-14(38)11(35)12(36)21(56-27)23(40)41/h7-22,25-28,31-32,35-39,44H,3-4H2,1-2H3,(H,29,33)(H,30,34)(H,40,41)(H,42,43)(H,45,46,47)(H,48,49,50)/t7?,8?,9?,10?,11-,12+,13+,14?,15?,16-,17-,18+,19+,20+,21?,22?,25?,26-,27+,28+/m0/s1. The van der Waals surface area contributed by atoms with Gasteiger partial charge in [-0.05, 0) is 0 Å². The van der Waals surface area contributed by atoms with Crippen molar-refractivity contribution in [1.82, 2.24) is 10.6 Å². The average molecular weight is 937 g/mol. The summed E-state index contributed by atoms with van der Waals surface area (Å²) < 4.78 is 113. The number of aliphatic carboxylic acids is 2. The van der Waals surface area contributed by atoms with Crippen LogP contribution in [0.15, 0.2) is 0 Å². The molecule has 4 saturated heterocycles. The highest BCUT2D eigenvalue weighted by Crippen LogP contribution is 2.36. The highest BCUT2D eigenvalue weighted by molar-refractivity contribution is 7.81. The lowest BCUT2D eigenvalue weighted by Crippen LogP contribution is -2.71. The molecule has 0 aliphatic carbocycles. The number of carboxylic acid groups (broad SMARTS) is 2. The molecule has 4 fully saturated rings. The summed E-state index contributed by atoms with van der Waals surface area (Å²) in [5.41, 5.74) is 0. The summed E-state index contributed by atoms with van der Waals surface area (Å²) in [5, 5.41) is 108. The first-order valence-corrected chi connectivity index (χ1v) is 20.1. The summed E-state index contributed by atoms with van der Waals surface area (Å²) >= 11 is 0. The van der Waals surface area contributed by atoms with Gasteiger partial charge in [-0.25, -0.2) is 18.0 Å². The lowest BCUT2D eigenvalue weighted by atomic mass is 9.94. The fraction of sp³-hybridized carbons (Fsp3) is 0.857. The SMILES string of the molecule is CC(=O)NC1C(O)OC(CO)[C@H](OS(=O)(=O)O)[C@@H]1O[C@@H]1OC(C(=O)O)[C@H](O[C@@H]2OC(CO)[C@H](OS(=O)(=O)O)[C@H](O[C@@H]3OC(C(=O)O)[C@H](O)[C@H](O)C3O)C2NC(C)=O)[C@H](O)C1O. The highest BCUT2D eigenvalue weighted by atomic mass is 32.3. The number of ether oxygens (including phenoxy) is 7. The van der Waals surface area contributed by atoms with Gasteiger partial charge in [-0.3, -0.25) is 18.7 Å². The van der Waals surface area contributed by atoms with Crippen LogP contribution in [0.4, 0.5) is 0 Å². The van der Waals surface area contributed by atoms with Gasteiger partial charge in [0.2, 0.25) is 11.8 Å². The van der Waals surface area contributed by atoms with Crippen molar-refractivity contribution in [3.63, 3.8) is 0 Å². The van der Waals surface area contributed by atoms with Crippen molar-refractivity contribution in [2.24, 2.45) is 0 Å². The molecule has 4 heterocycles. The van der Waals surface area contributed by atoms with Crippen LogP contribution < -0.4 is 10.6 Å². The van der Waals surface area contributed by atoms with Crippen LogP contribution in [-0.4, -0.2) is 237 Å². The first kappa shape index (κ1) is 50.7. The third-order valence-corrected chi connectivity index (χ3v) is 10.3. The fourth-order valence-electron chi connectivity index (χ4n) is 6.78. The Bertz CT molecular complexity index is 1790. The molecule has 4 aliphatic heterocycles. The number of aliphatic hydroxyl groups is 8. The van der Waals surface area contributed by atoms with Crippen LogP contribution in [0.3, 0.4) is 0 Å². The Hall–Kier alpha value is -2.98. The van der Waals surface area contributed by atoms with Gasteiger partial charge in [0.15, 0.2) is 37.4 Å². The zero-order valence-corrected chi connectivity index (χ0v) is 32.7. The molecule has 0 aromatic rings. The zero-order valence-electron chi connectivity index (χ0n) is 31.1. The van der Waals surface area contributed by atoms with Gasteiger partial charge in [0.25, 0.3) is 0 Å². The molecule has 9 unspecified atom stereocenters. The number of amides is 2. The minimum absolute atomic E-state index is 0.823. The minimum atomic E-state index is -5.60. The number of carboxylic acids is 2. The molecular weight excluding hydrogens is 892 g/mol. The van der Waals surface area contributed by atoms with Crippen molar-refractivity contribution in [3.8, 4) is 0 Å².